The summed E-state index contributed by atoms with van der Waals surface area (Å²) in [5.41, 5.74) is 8.38. The molecule has 2 aliphatic rings. The Labute approximate surface area is 169 Å². The first-order chi connectivity index (χ1) is 14.1. The molecule has 2 aromatic carbocycles. The quantitative estimate of drug-likeness (QED) is 0.722. The number of aromatic nitrogens is 2. The molecule has 1 aliphatic carbocycles. The van der Waals surface area contributed by atoms with Crippen LogP contribution in [0.25, 0.3) is 11.5 Å². The Hall–Kier alpha value is -2.99. The zero-order valence-corrected chi connectivity index (χ0v) is 16.3. The zero-order valence-electron chi connectivity index (χ0n) is 16.3. The summed E-state index contributed by atoms with van der Waals surface area (Å²) in [4.78, 5) is 13.8. The number of likely N-dealkylation sites (tertiary alicyclic amines) is 1. The van der Waals surface area contributed by atoms with Gasteiger partial charge in [0, 0.05) is 23.6 Å². The normalized spacial score (nSPS) is 20.6. The van der Waals surface area contributed by atoms with E-state index >= 15 is 0 Å². The maximum Gasteiger partial charge on any atom is 0.248 e. The molecular weight excluding hydrogens is 364 g/mol. The molecule has 148 valence electrons. The average molecular weight is 388 g/mol. The monoisotopic (exact) mass is 388 g/mol. The number of piperidine rings is 1. The topological polar surface area (TPSA) is 85.3 Å². The standard InChI is InChI=1S/C23H24N4O2/c24-20(28)18-8-4-5-16(13-18)15-27-11-9-23(10-12-27)14-19(23)22-26-25-21(29-22)17-6-2-1-3-7-17/h1-8,13,19H,9-12,14-15H2,(H2,24,28)/t19-/m0/s1. The van der Waals surface area contributed by atoms with E-state index in [1.54, 1.807) is 6.07 Å². The van der Waals surface area contributed by atoms with Crippen molar-refractivity contribution in [2.45, 2.75) is 31.7 Å². The number of primary amides is 1. The molecule has 1 aromatic heterocycles. The molecule has 1 amide bonds. The Morgan fingerprint density at radius 3 is 2.66 bits per heavy atom. The predicted octanol–water partition coefficient (Wildman–Crippen LogP) is 3.61. The van der Waals surface area contributed by atoms with E-state index < -0.39 is 0 Å². The third-order valence-corrected chi connectivity index (χ3v) is 6.42. The molecule has 2 fully saturated rings. The van der Waals surface area contributed by atoms with Crippen LogP contribution in [0.2, 0.25) is 0 Å². The summed E-state index contributed by atoms with van der Waals surface area (Å²) >= 11 is 0. The van der Waals surface area contributed by atoms with Crippen molar-refractivity contribution < 1.29 is 9.21 Å². The van der Waals surface area contributed by atoms with Crippen molar-refractivity contribution in [2.24, 2.45) is 11.1 Å². The fourth-order valence-corrected chi connectivity index (χ4v) is 4.56. The number of amides is 1. The van der Waals surface area contributed by atoms with Gasteiger partial charge in [0.15, 0.2) is 0 Å². The van der Waals surface area contributed by atoms with Crippen molar-refractivity contribution in [3.05, 3.63) is 71.6 Å². The second-order valence-electron chi connectivity index (χ2n) is 8.27. The van der Waals surface area contributed by atoms with Crippen molar-refractivity contribution in [3.8, 4) is 11.5 Å². The maximum absolute atomic E-state index is 11.4. The van der Waals surface area contributed by atoms with Gasteiger partial charge in [-0.1, -0.05) is 30.3 Å². The number of carbonyl (C=O) groups excluding carboxylic acids is 1. The molecule has 0 bridgehead atoms. The second-order valence-corrected chi connectivity index (χ2v) is 8.27. The molecule has 0 radical (unpaired) electrons. The number of hydrogen-bond donors (Lipinski definition) is 1. The minimum Gasteiger partial charge on any atom is -0.420 e. The number of carbonyl (C=O) groups is 1. The number of hydrogen-bond acceptors (Lipinski definition) is 5. The van der Waals surface area contributed by atoms with Gasteiger partial charge in [0.2, 0.25) is 17.7 Å². The Kier molecular flexibility index (Phi) is 4.43. The lowest BCUT2D eigenvalue weighted by atomic mass is 9.90. The number of rotatable bonds is 5. The molecule has 1 saturated heterocycles. The van der Waals surface area contributed by atoms with Gasteiger partial charge in [-0.05, 0) is 67.6 Å². The molecule has 1 aliphatic heterocycles. The van der Waals surface area contributed by atoms with Crippen LogP contribution < -0.4 is 5.73 Å². The van der Waals surface area contributed by atoms with Gasteiger partial charge in [0.05, 0.1) is 0 Å². The lowest BCUT2D eigenvalue weighted by Gasteiger charge is -2.32. The predicted molar refractivity (Wildman–Crippen MR) is 109 cm³/mol. The van der Waals surface area contributed by atoms with Crippen molar-refractivity contribution in [3.63, 3.8) is 0 Å². The molecule has 1 atom stereocenters. The van der Waals surface area contributed by atoms with E-state index in [4.69, 9.17) is 10.2 Å². The van der Waals surface area contributed by atoms with Crippen LogP contribution in [0.15, 0.2) is 59.0 Å². The minimum absolute atomic E-state index is 0.312. The van der Waals surface area contributed by atoms with Gasteiger partial charge < -0.3 is 10.2 Å². The van der Waals surface area contributed by atoms with Crippen molar-refractivity contribution >= 4 is 5.91 Å². The third-order valence-electron chi connectivity index (χ3n) is 6.42. The molecule has 2 N–H and O–H groups in total. The number of nitrogens with two attached hydrogens (primary N) is 1. The van der Waals surface area contributed by atoms with E-state index in [-0.39, 0.29) is 5.91 Å². The summed E-state index contributed by atoms with van der Waals surface area (Å²) in [6, 6.07) is 17.5. The summed E-state index contributed by atoms with van der Waals surface area (Å²) in [6.45, 7) is 2.93. The van der Waals surface area contributed by atoms with Crippen LogP contribution in [-0.2, 0) is 6.54 Å². The maximum atomic E-state index is 11.4. The lowest BCUT2D eigenvalue weighted by molar-refractivity contribution is 0.1000. The van der Waals surface area contributed by atoms with E-state index in [0.717, 1.165) is 55.9 Å². The SMILES string of the molecule is NC(=O)c1cccc(CN2CCC3(CC2)C[C@H]3c2nnc(-c3ccccc3)o2)c1. The molecule has 1 spiro atoms. The fraction of sp³-hybridized carbons (Fsp3) is 0.348. The van der Waals surface area contributed by atoms with Crippen LogP contribution in [0, 0.1) is 5.41 Å². The highest BCUT2D eigenvalue weighted by molar-refractivity contribution is 5.92. The van der Waals surface area contributed by atoms with E-state index in [1.165, 1.54) is 0 Å². The van der Waals surface area contributed by atoms with Gasteiger partial charge in [0.1, 0.15) is 0 Å². The van der Waals surface area contributed by atoms with Gasteiger partial charge in [-0.15, -0.1) is 10.2 Å². The lowest BCUT2D eigenvalue weighted by Crippen LogP contribution is -2.34. The minimum atomic E-state index is -0.375. The number of benzene rings is 2. The average Bonchev–Trinajstić information content (AvgIpc) is 3.21. The summed E-state index contributed by atoms with van der Waals surface area (Å²) in [5.74, 6) is 1.40. The summed E-state index contributed by atoms with van der Waals surface area (Å²) in [5, 5.41) is 8.60. The first kappa shape index (κ1) is 18.1. The molecule has 3 aromatic rings. The molecule has 1 saturated carbocycles. The summed E-state index contributed by atoms with van der Waals surface area (Å²) in [7, 11) is 0. The van der Waals surface area contributed by atoms with Crippen LogP contribution in [0.5, 0.6) is 0 Å². The van der Waals surface area contributed by atoms with Crippen LogP contribution in [-0.4, -0.2) is 34.1 Å². The summed E-state index contributed by atoms with van der Waals surface area (Å²) in [6.07, 6.45) is 3.40. The molecule has 29 heavy (non-hydrogen) atoms. The van der Waals surface area contributed by atoms with Gasteiger partial charge in [-0.3, -0.25) is 9.69 Å². The smallest absolute Gasteiger partial charge is 0.248 e. The van der Waals surface area contributed by atoms with Crippen LogP contribution in [0.1, 0.15) is 47.0 Å². The van der Waals surface area contributed by atoms with Crippen LogP contribution in [0.4, 0.5) is 0 Å². The van der Waals surface area contributed by atoms with Gasteiger partial charge in [0.25, 0.3) is 0 Å². The van der Waals surface area contributed by atoms with E-state index in [0.29, 0.717) is 22.8 Å². The highest BCUT2D eigenvalue weighted by atomic mass is 16.4. The summed E-state index contributed by atoms with van der Waals surface area (Å²) < 4.78 is 6.00. The van der Waals surface area contributed by atoms with E-state index in [9.17, 15) is 4.79 Å². The van der Waals surface area contributed by atoms with Crippen LogP contribution >= 0.6 is 0 Å². The van der Waals surface area contributed by atoms with Crippen molar-refractivity contribution in [1.82, 2.24) is 15.1 Å². The second kappa shape index (κ2) is 7.12. The van der Waals surface area contributed by atoms with E-state index in [1.807, 2.05) is 42.5 Å². The van der Waals surface area contributed by atoms with Crippen LogP contribution in [0.3, 0.4) is 0 Å². The van der Waals surface area contributed by atoms with Crippen molar-refractivity contribution in [2.75, 3.05) is 13.1 Å². The molecule has 6 nitrogen and oxygen atoms in total. The van der Waals surface area contributed by atoms with Gasteiger partial charge >= 0.3 is 0 Å². The Morgan fingerprint density at radius 1 is 1.10 bits per heavy atom. The molecule has 2 heterocycles. The Balaban J connectivity index is 1.20. The first-order valence-corrected chi connectivity index (χ1v) is 10.1. The number of nitrogens with zero attached hydrogens (tertiary/aromatic N) is 3. The molecule has 6 heteroatoms. The molecule has 5 rings (SSSR count). The largest absolute Gasteiger partial charge is 0.420 e. The zero-order chi connectivity index (χ0) is 19.8. The fourth-order valence-electron chi connectivity index (χ4n) is 4.56. The Bertz CT molecular complexity index is 1020. The molecule has 0 unspecified atom stereocenters. The molecular formula is C23H24N4O2. The highest BCUT2D eigenvalue weighted by Gasteiger charge is 2.58. The highest BCUT2D eigenvalue weighted by Crippen LogP contribution is 2.64. The van der Waals surface area contributed by atoms with Gasteiger partial charge in [-0.25, -0.2) is 0 Å². The Morgan fingerprint density at radius 2 is 1.90 bits per heavy atom. The van der Waals surface area contributed by atoms with Gasteiger partial charge in [-0.2, -0.15) is 0 Å². The van der Waals surface area contributed by atoms with E-state index in [2.05, 4.69) is 21.2 Å². The van der Waals surface area contributed by atoms with Crippen molar-refractivity contribution in [1.29, 1.82) is 0 Å². The third kappa shape index (κ3) is 3.56. The first-order valence-electron chi connectivity index (χ1n) is 10.1.